The van der Waals surface area contributed by atoms with Gasteiger partial charge in [0.2, 0.25) is 5.91 Å². The summed E-state index contributed by atoms with van der Waals surface area (Å²) in [6.45, 7) is 5.68. The van der Waals surface area contributed by atoms with Gasteiger partial charge in [0.25, 0.3) is 0 Å². The zero-order chi connectivity index (χ0) is 12.6. The van der Waals surface area contributed by atoms with Gasteiger partial charge >= 0.3 is 7.82 Å². The number of phosphoric ester groups is 1. The first kappa shape index (κ1) is 15.3. The molecule has 3 N–H and O–H groups in total. The normalized spacial score (nSPS) is 11.2. The highest BCUT2D eigenvalue weighted by molar-refractivity contribution is 7.46. The quantitative estimate of drug-likeness (QED) is 0.339. The standard InChI is InChI=1S/C9H18NO5P/c1-8(2)9(11)10-6-4-3-5-7-15-16(12,13)14/h1,3-7H2,2H3,(H,10,11)(H2,12,13,14). The van der Waals surface area contributed by atoms with Crippen molar-refractivity contribution < 1.29 is 23.7 Å². The van der Waals surface area contributed by atoms with E-state index in [1.165, 1.54) is 0 Å². The van der Waals surface area contributed by atoms with E-state index < -0.39 is 7.82 Å². The fourth-order valence-electron chi connectivity index (χ4n) is 0.940. The summed E-state index contributed by atoms with van der Waals surface area (Å²) in [6.07, 6.45) is 2.02. The Morgan fingerprint density at radius 3 is 2.50 bits per heavy atom. The van der Waals surface area contributed by atoms with Crippen LogP contribution in [0.2, 0.25) is 0 Å². The molecule has 0 bridgehead atoms. The Kier molecular flexibility index (Phi) is 7.25. The molecule has 1 amide bonds. The van der Waals surface area contributed by atoms with Crippen molar-refractivity contribution in [2.45, 2.75) is 26.2 Å². The second-order valence-electron chi connectivity index (χ2n) is 3.42. The maximum absolute atomic E-state index is 11.0. The van der Waals surface area contributed by atoms with Crippen molar-refractivity contribution in [1.29, 1.82) is 0 Å². The van der Waals surface area contributed by atoms with Gasteiger partial charge in [-0.25, -0.2) is 4.57 Å². The lowest BCUT2D eigenvalue weighted by Gasteiger charge is -2.06. The van der Waals surface area contributed by atoms with E-state index in [-0.39, 0.29) is 12.5 Å². The van der Waals surface area contributed by atoms with Gasteiger partial charge in [-0.3, -0.25) is 9.32 Å². The Labute approximate surface area is 94.9 Å². The van der Waals surface area contributed by atoms with Crippen molar-refractivity contribution in [3.8, 4) is 0 Å². The molecule has 0 saturated carbocycles. The largest absolute Gasteiger partial charge is 0.469 e. The molecule has 0 aromatic rings. The van der Waals surface area contributed by atoms with E-state index in [0.717, 1.165) is 12.8 Å². The van der Waals surface area contributed by atoms with E-state index in [0.29, 0.717) is 18.5 Å². The molecule has 0 fully saturated rings. The first-order chi connectivity index (χ1) is 7.33. The average Bonchev–Trinajstić information content (AvgIpc) is 2.14. The maximum atomic E-state index is 11.0. The van der Waals surface area contributed by atoms with Crippen molar-refractivity contribution in [2.75, 3.05) is 13.2 Å². The number of rotatable bonds is 8. The first-order valence-electron chi connectivity index (χ1n) is 4.97. The third-order valence-electron chi connectivity index (χ3n) is 1.75. The van der Waals surface area contributed by atoms with Gasteiger partial charge in [0, 0.05) is 12.1 Å². The SMILES string of the molecule is C=C(C)C(=O)NCCCCCOP(=O)(O)O. The van der Waals surface area contributed by atoms with Gasteiger partial charge in [0.05, 0.1) is 6.61 Å². The Morgan fingerprint density at radius 2 is 2.00 bits per heavy atom. The van der Waals surface area contributed by atoms with Crippen LogP contribution in [0.15, 0.2) is 12.2 Å². The van der Waals surface area contributed by atoms with Crippen LogP contribution < -0.4 is 5.32 Å². The molecule has 0 heterocycles. The Morgan fingerprint density at radius 1 is 1.38 bits per heavy atom. The van der Waals surface area contributed by atoms with Gasteiger partial charge in [-0.05, 0) is 26.2 Å². The van der Waals surface area contributed by atoms with Crippen LogP contribution in [0, 0.1) is 0 Å². The van der Waals surface area contributed by atoms with E-state index in [1.807, 2.05) is 0 Å². The molecule has 0 unspecified atom stereocenters. The van der Waals surface area contributed by atoms with Crippen LogP contribution in [-0.4, -0.2) is 28.8 Å². The molecule has 7 heteroatoms. The molecule has 6 nitrogen and oxygen atoms in total. The molecule has 16 heavy (non-hydrogen) atoms. The molecule has 94 valence electrons. The number of amides is 1. The van der Waals surface area contributed by atoms with Crippen LogP contribution in [0.4, 0.5) is 0 Å². The van der Waals surface area contributed by atoms with E-state index in [9.17, 15) is 9.36 Å². The lowest BCUT2D eigenvalue weighted by atomic mass is 10.2. The average molecular weight is 251 g/mol. The van der Waals surface area contributed by atoms with E-state index in [1.54, 1.807) is 6.92 Å². The number of hydrogen-bond donors (Lipinski definition) is 3. The summed E-state index contributed by atoms with van der Waals surface area (Å²) in [7, 11) is -4.33. The van der Waals surface area contributed by atoms with Crippen LogP contribution in [0.5, 0.6) is 0 Å². The Hall–Kier alpha value is -0.680. The summed E-state index contributed by atoms with van der Waals surface area (Å²) in [6, 6.07) is 0. The molecule has 0 saturated heterocycles. The second-order valence-corrected chi connectivity index (χ2v) is 4.66. The van der Waals surface area contributed by atoms with Crippen LogP contribution in [-0.2, 0) is 13.9 Å². The zero-order valence-electron chi connectivity index (χ0n) is 9.31. The van der Waals surface area contributed by atoms with E-state index >= 15 is 0 Å². The number of unbranched alkanes of at least 4 members (excludes halogenated alkanes) is 2. The molecular weight excluding hydrogens is 233 g/mol. The van der Waals surface area contributed by atoms with E-state index in [4.69, 9.17) is 9.79 Å². The minimum Gasteiger partial charge on any atom is -0.352 e. The van der Waals surface area contributed by atoms with Crippen molar-refractivity contribution in [3.05, 3.63) is 12.2 Å². The van der Waals surface area contributed by atoms with Crippen molar-refractivity contribution >= 4 is 13.7 Å². The predicted octanol–water partition coefficient (Wildman–Crippen LogP) is 0.958. The molecule has 0 aromatic carbocycles. The fourth-order valence-corrected chi connectivity index (χ4v) is 1.31. The molecule has 0 aliphatic carbocycles. The van der Waals surface area contributed by atoms with Crippen LogP contribution in [0.25, 0.3) is 0 Å². The fraction of sp³-hybridized carbons (Fsp3) is 0.667. The minimum atomic E-state index is -4.33. The first-order valence-corrected chi connectivity index (χ1v) is 6.50. The summed E-state index contributed by atoms with van der Waals surface area (Å²) in [5.74, 6) is -0.175. The highest BCUT2D eigenvalue weighted by Crippen LogP contribution is 2.35. The van der Waals surface area contributed by atoms with Gasteiger partial charge in [0.15, 0.2) is 0 Å². The lowest BCUT2D eigenvalue weighted by Crippen LogP contribution is -2.24. The number of carbonyl (C=O) groups is 1. The third kappa shape index (κ3) is 9.86. The third-order valence-corrected chi connectivity index (χ3v) is 2.27. The number of phosphoric acid groups is 1. The number of nitrogens with one attached hydrogen (secondary N) is 1. The van der Waals surface area contributed by atoms with Crippen LogP contribution in [0.1, 0.15) is 26.2 Å². The molecule has 0 aromatic heterocycles. The molecule has 0 atom stereocenters. The van der Waals surface area contributed by atoms with Gasteiger partial charge in [0.1, 0.15) is 0 Å². The smallest absolute Gasteiger partial charge is 0.352 e. The van der Waals surface area contributed by atoms with Gasteiger partial charge < -0.3 is 15.1 Å². The van der Waals surface area contributed by atoms with Crippen molar-refractivity contribution in [3.63, 3.8) is 0 Å². The van der Waals surface area contributed by atoms with E-state index in [2.05, 4.69) is 16.4 Å². The number of carbonyl (C=O) groups excluding carboxylic acids is 1. The highest BCUT2D eigenvalue weighted by atomic mass is 31.2. The maximum Gasteiger partial charge on any atom is 0.469 e. The van der Waals surface area contributed by atoms with Crippen molar-refractivity contribution in [2.24, 2.45) is 0 Å². The number of hydrogen-bond acceptors (Lipinski definition) is 3. The zero-order valence-corrected chi connectivity index (χ0v) is 10.2. The second kappa shape index (κ2) is 7.57. The molecule has 0 rings (SSSR count). The molecule has 0 spiro atoms. The Bertz CT molecular complexity index is 286. The summed E-state index contributed by atoms with van der Waals surface area (Å²) < 4.78 is 14.6. The lowest BCUT2D eigenvalue weighted by molar-refractivity contribution is -0.117. The minimum absolute atomic E-state index is 0.0265. The summed E-state index contributed by atoms with van der Waals surface area (Å²) in [4.78, 5) is 27.8. The monoisotopic (exact) mass is 251 g/mol. The van der Waals surface area contributed by atoms with Gasteiger partial charge in [-0.1, -0.05) is 6.58 Å². The van der Waals surface area contributed by atoms with Crippen LogP contribution in [0.3, 0.4) is 0 Å². The van der Waals surface area contributed by atoms with Gasteiger partial charge in [-0.2, -0.15) is 0 Å². The summed E-state index contributed by atoms with van der Waals surface area (Å²) >= 11 is 0. The van der Waals surface area contributed by atoms with Crippen LogP contribution >= 0.6 is 7.82 Å². The molecule has 0 radical (unpaired) electrons. The van der Waals surface area contributed by atoms with Crippen molar-refractivity contribution in [1.82, 2.24) is 5.32 Å². The molecular formula is C9H18NO5P. The summed E-state index contributed by atoms with van der Waals surface area (Å²) in [5, 5.41) is 2.66. The Balaban J connectivity index is 3.32. The predicted molar refractivity (Wildman–Crippen MR) is 59.7 cm³/mol. The molecule has 0 aliphatic heterocycles. The summed E-state index contributed by atoms with van der Waals surface area (Å²) in [5.41, 5.74) is 0.463. The topological polar surface area (TPSA) is 95.9 Å². The highest BCUT2D eigenvalue weighted by Gasteiger charge is 2.12. The molecule has 0 aliphatic rings. The van der Waals surface area contributed by atoms with Gasteiger partial charge in [-0.15, -0.1) is 0 Å².